The maximum absolute atomic E-state index is 10.7. The first kappa shape index (κ1) is 17.3. The van der Waals surface area contributed by atoms with Crippen LogP contribution in [0.4, 0.5) is 5.69 Å². The quantitative estimate of drug-likeness (QED) is 0.475. The molecule has 0 spiro atoms. The van der Waals surface area contributed by atoms with Crippen LogP contribution in [0.5, 0.6) is 5.75 Å². The van der Waals surface area contributed by atoms with Crippen molar-refractivity contribution in [3.8, 4) is 5.75 Å². The van der Waals surface area contributed by atoms with E-state index in [2.05, 4.69) is 0 Å². The third-order valence-corrected chi connectivity index (χ3v) is 4.33. The maximum Gasteiger partial charge on any atom is 0.269 e. The summed E-state index contributed by atoms with van der Waals surface area (Å²) in [6, 6.07) is 9.39. The Morgan fingerprint density at radius 1 is 1.30 bits per heavy atom. The van der Waals surface area contributed by atoms with Crippen molar-refractivity contribution in [2.45, 2.75) is 26.2 Å². The van der Waals surface area contributed by atoms with Crippen LogP contribution in [-0.2, 0) is 0 Å². The summed E-state index contributed by atoms with van der Waals surface area (Å²) in [7, 11) is 0. The van der Waals surface area contributed by atoms with Crippen LogP contribution in [-0.4, -0.2) is 26.6 Å². The first-order valence-electron chi connectivity index (χ1n) is 7.13. The zero-order chi connectivity index (χ0) is 17.0. The minimum absolute atomic E-state index is 0.0171. The number of ether oxygens (including phenoxy) is 1. The monoisotopic (exact) mass is 338 g/mol. The number of non-ortho nitro benzene ring substituents is 1. The molecule has 0 radical (unpaired) electrons. The number of halogens is 1. The van der Waals surface area contributed by atoms with Crippen LogP contribution in [0.3, 0.4) is 0 Å². The number of nitrogens with zero attached hydrogens (tertiary/aromatic N) is 2. The summed E-state index contributed by atoms with van der Waals surface area (Å²) in [5.74, 6) is 0.689. The van der Waals surface area contributed by atoms with E-state index in [4.69, 9.17) is 16.3 Å². The molecule has 6 nitrogen and oxygen atoms in total. The van der Waals surface area contributed by atoms with Crippen molar-refractivity contribution in [3.63, 3.8) is 0 Å². The molecule has 0 aliphatic rings. The molecule has 7 heteroatoms. The topological polar surface area (TPSA) is 77.5 Å². The van der Waals surface area contributed by atoms with Crippen molar-refractivity contribution < 1.29 is 14.8 Å². The van der Waals surface area contributed by atoms with Crippen LogP contribution in [0.2, 0.25) is 0 Å². The summed E-state index contributed by atoms with van der Waals surface area (Å²) in [6.07, 6.45) is 2.00. The molecule has 0 aliphatic carbocycles. The van der Waals surface area contributed by atoms with Gasteiger partial charge >= 0.3 is 0 Å². The van der Waals surface area contributed by atoms with E-state index in [9.17, 15) is 15.2 Å². The molecular formula is C16H19ClN2O4. The van der Waals surface area contributed by atoms with E-state index < -0.39 is 22.7 Å². The van der Waals surface area contributed by atoms with Gasteiger partial charge in [0.2, 0.25) is 6.23 Å². The molecular weight excluding hydrogens is 320 g/mol. The van der Waals surface area contributed by atoms with Gasteiger partial charge in [0.25, 0.3) is 5.69 Å². The number of nitro groups is 1. The summed E-state index contributed by atoms with van der Waals surface area (Å²) < 4.78 is 7.61. The second-order valence-corrected chi connectivity index (χ2v) is 6.22. The maximum atomic E-state index is 10.7. The molecule has 0 fully saturated rings. The number of rotatable bonds is 7. The smallest absolute Gasteiger partial charge is 0.269 e. The molecule has 2 rings (SSSR count). The molecule has 1 aromatic carbocycles. The zero-order valence-electron chi connectivity index (χ0n) is 12.9. The largest absolute Gasteiger partial charge is 0.467 e. The van der Waals surface area contributed by atoms with Crippen molar-refractivity contribution >= 4 is 17.3 Å². The molecule has 124 valence electrons. The Labute approximate surface area is 139 Å². The van der Waals surface area contributed by atoms with Gasteiger partial charge in [0.1, 0.15) is 11.9 Å². The Hall–Kier alpha value is -2.05. The highest BCUT2D eigenvalue weighted by molar-refractivity contribution is 6.18. The second-order valence-electron chi connectivity index (χ2n) is 5.96. The van der Waals surface area contributed by atoms with E-state index in [0.717, 1.165) is 0 Å². The van der Waals surface area contributed by atoms with Gasteiger partial charge in [-0.1, -0.05) is 13.8 Å². The molecule has 0 saturated carbocycles. The van der Waals surface area contributed by atoms with E-state index in [1.165, 1.54) is 24.3 Å². The number of hydrogen-bond acceptors (Lipinski definition) is 4. The first-order chi connectivity index (χ1) is 10.8. The van der Waals surface area contributed by atoms with Gasteiger partial charge in [0.15, 0.2) is 0 Å². The van der Waals surface area contributed by atoms with E-state index in [1.54, 1.807) is 17.0 Å². The fraction of sp³-hybridized carbons (Fsp3) is 0.375. The first-order valence-corrected chi connectivity index (χ1v) is 7.66. The summed E-state index contributed by atoms with van der Waals surface area (Å²) >= 11 is 5.95. The number of nitro benzene ring substituents is 1. The molecule has 0 bridgehead atoms. The molecule has 1 aromatic heterocycles. The number of aromatic nitrogens is 1. The summed E-state index contributed by atoms with van der Waals surface area (Å²) in [5, 5.41) is 21.4. The van der Waals surface area contributed by atoms with Gasteiger partial charge in [-0.15, -0.1) is 11.6 Å². The van der Waals surface area contributed by atoms with Crippen LogP contribution in [0.1, 0.15) is 20.1 Å². The molecule has 2 aromatic rings. The lowest BCUT2D eigenvalue weighted by Gasteiger charge is -2.35. The highest BCUT2D eigenvalue weighted by Crippen LogP contribution is 2.32. The van der Waals surface area contributed by atoms with Gasteiger partial charge in [0, 0.05) is 35.8 Å². The Morgan fingerprint density at radius 3 is 2.35 bits per heavy atom. The van der Waals surface area contributed by atoms with Crippen molar-refractivity contribution in [2.24, 2.45) is 5.41 Å². The predicted molar refractivity (Wildman–Crippen MR) is 87.7 cm³/mol. The summed E-state index contributed by atoms with van der Waals surface area (Å²) in [6.45, 7) is 3.70. The van der Waals surface area contributed by atoms with E-state index in [-0.39, 0.29) is 11.6 Å². The lowest BCUT2D eigenvalue weighted by Crippen LogP contribution is -2.41. The zero-order valence-corrected chi connectivity index (χ0v) is 13.7. The molecule has 0 amide bonds. The Bertz CT molecular complexity index is 641. The SMILES string of the molecule is CC(C)(CCl)C(O)C(Oc1ccc([N+](=O)[O-])cc1)n1cccc1. The lowest BCUT2D eigenvalue weighted by molar-refractivity contribution is -0.384. The van der Waals surface area contributed by atoms with Gasteiger partial charge in [-0.25, -0.2) is 0 Å². The molecule has 1 N–H and O–H groups in total. The Balaban J connectivity index is 2.26. The molecule has 2 unspecified atom stereocenters. The van der Waals surface area contributed by atoms with Crippen LogP contribution in [0.25, 0.3) is 0 Å². The third-order valence-electron chi connectivity index (χ3n) is 3.64. The molecule has 0 aliphatic heterocycles. The highest BCUT2D eigenvalue weighted by Gasteiger charge is 2.36. The summed E-state index contributed by atoms with van der Waals surface area (Å²) in [5.41, 5.74) is -0.589. The molecule has 23 heavy (non-hydrogen) atoms. The Kier molecular flexibility index (Phi) is 5.28. The second kappa shape index (κ2) is 7.02. The third kappa shape index (κ3) is 4.03. The van der Waals surface area contributed by atoms with Gasteiger partial charge in [-0.2, -0.15) is 0 Å². The van der Waals surface area contributed by atoms with Gasteiger partial charge in [-0.05, 0) is 24.3 Å². The minimum Gasteiger partial charge on any atom is -0.467 e. The average molecular weight is 339 g/mol. The number of alkyl halides is 1. The fourth-order valence-corrected chi connectivity index (χ4v) is 2.21. The number of benzene rings is 1. The van der Waals surface area contributed by atoms with Crippen LogP contribution >= 0.6 is 11.6 Å². The van der Waals surface area contributed by atoms with Crippen molar-refractivity contribution in [1.82, 2.24) is 4.57 Å². The predicted octanol–water partition coefficient (Wildman–Crippen LogP) is 3.60. The number of hydrogen-bond donors (Lipinski definition) is 1. The normalized spacial score (nSPS) is 14.3. The highest BCUT2D eigenvalue weighted by atomic mass is 35.5. The van der Waals surface area contributed by atoms with Gasteiger partial charge in [-0.3, -0.25) is 10.1 Å². The van der Waals surface area contributed by atoms with E-state index in [0.29, 0.717) is 5.75 Å². The Morgan fingerprint density at radius 2 is 1.87 bits per heavy atom. The van der Waals surface area contributed by atoms with Crippen LogP contribution < -0.4 is 4.74 Å². The van der Waals surface area contributed by atoms with E-state index in [1.807, 2.05) is 26.0 Å². The fourth-order valence-electron chi connectivity index (χ4n) is 2.06. The summed E-state index contributed by atoms with van der Waals surface area (Å²) in [4.78, 5) is 10.2. The van der Waals surface area contributed by atoms with Gasteiger partial charge < -0.3 is 14.4 Å². The van der Waals surface area contributed by atoms with E-state index >= 15 is 0 Å². The molecule has 2 atom stereocenters. The standard InChI is InChI=1S/C16H19ClN2O4/c1-16(2,11-17)14(20)15(18-9-3-4-10-18)23-13-7-5-12(6-8-13)19(21)22/h3-10,14-15,20H,11H2,1-2H3. The van der Waals surface area contributed by atoms with Crippen molar-refractivity contribution in [3.05, 3.63) is 58.9 Å². The van der Waals surface area contributed by atoms with Crippen LogP contribution in [0, 0.1) is 15.5 Å². The molecule has 1 heterocycles. The average Bonchev–Trinajstić information content (AvgIpc) is 3.06. The molecule has 0 saturated heterocycles. The number of aliphatic hydroxyl groups is 1. The minimum atomic E-state index is -0.873. The van der Waals surface area contributed by atoms with Crippen molar-refractivity contribution in [2.75, 3.05) is 5.88 Å². The number of aliphatic hydroxyl groups excluding tert-OH is 1. The van der Waals surface area contributed by atoms with Crippen molar-refractivity contribution in [1.29, 1.82) is 0 Å². The lowest BCUT2D eigenvalue weighted by atomic mass is 9.87. The van der Waals surface area contributed by atoms with Gasteiger partial charge in [0.05, 0.1) is 4.92 Å². The van der Waals surface area contributed by atoms with Crippen LogP contribution in [0.15, 0.2) is 48.8 Å².